The molecule has 0 heterocycles. The molecule has 0 aliphatic heterocycles. The molecule has 3 nitrogen and oxygen atoms in total. The molecule has 4 heteroatoms. The van der Waals surface area contributed by atoms with Gasteiger partial charge in [0.15, 0.2) is 0 Å². The van der Waals surface area contributed by atoms with Crippen molar-refractivity contribution < 1.29 is 9.90 Å². The first kappa shape index (κ1) is 15.0. The number of carboxylic acids is 1. The van der Waals surface area contributed by atoms with Crippen molar-refractivity contribution in [3.63, 3.8) is 0 Å². The van der Waals surface area contributed by atoms with Crippen LogP contribution in [0, 0.1) is 12.3 Å². The van der Waals surface area contributed by atoms with Crippen molar-refractivity contribution in [3.8, 4) is 0 Å². The molecule has 0 aliphatic rings. The van der Waals surface area contributed by atoms with Crippen LogP contribution in [0.4, 0.5) is 0 Å². The zero-order chi connectivity index (χ0) is 13.8. The summed E-state index contributed by atoms with van der Waals surface area (Å²) in [4.78, 5) is 10.9. The van der Waals surface area contributed by atoms with Crippen molar-refractivity contribution in [1.29, 1.82) is 0 Å². The second-order valence-corrected chi connectivity index (χ2v) is 5.61. The molecule has 0 atom stereocenters. The van der Waals surface area contributed by atoms with E-state index in [2.05, 4.69) is 5.32 Å². The van der Waals surface area contributed by atoms with Crippen molar-refractivity contribution in [2.75, 3.05) is 6.54 Å². The number of benzene rings is 1. The Kier molecular flexibility index (Phi) is 5.17. The van der Waals surface area contributed by atoms with Gasteiger partial charge >= 0.3 is 5.97 Å². The molecule has 0 aliphatic carbocycles. The van der Waals surface area contributed by atoms with Gasteiger partial charge in [0, 0.05) is 11.6 Å². The van der Waals surface area contributed by atoms with Gasteiger partial charge in [0.25, 0.3) is 0 Å². The monoisotopic (exact) mass is 269 g/mol. The van der Waals surface area contributed by atoms with Crippen molar-refractivity contribution in [2.24, 2.45) is 5.41 Å². The lowest BCUT2D eigenvalue weighted by atomic mass is 9.90. The number of aryl methyl sites for hydroxylation is 1. The largest absolute Gasteiger partial charge is 0.481 e. The summed E-state index contributed by atoms with van der Waals surface area (Å²) in [6, 6.07) is 5.90. The molecule has 2 N–H and O–H groups in total. The van der Waals surface area contributed by atoms with Crippen LogP contribution in [-0.4, -0.2) is 17.6 Å². The molecule has 0 bridgehead atoms. The van der Waals surface area contributed by atoms with E-state index in [1.165, 1.54) is 0 Å². The average molecular weight is 270 g/mol. The quantitative estimate of drug-likeness (QED) is 0.780. The lowest BCUT2D eigenvalue weighted by Crippen LogP contribution is -2.28. The predicted molar refractivity (Wildman–Crippen MR) is 73.9 cm³/mol. The maximum atomic E-state index is 10.9. The molecule has 0 saturated carbocycles. The van der Waals surface area contributed by atoms with Gasteiger partial charge in [-0.05, 0) is 50.9 Å². The molecule has 0 fully saturated rings. The minimum Gasteiger partial charge on any atom is -0.481 e. The van der Waals surface area contributed by atoms with Gasteiger partial charge in [-0.2, -0.15) is 0 Å². The Hall–Kier alpha value is -1.06. The van der Waals surface area contributed by atoms with E-state index in [1.807, 2.05) is 25.1 Å². The van der Waals surface area contributed by atoms with Gasteiger partial charge in [0.2, 0.25) is 0 Å². The number of aliphatic carboxylic acids is 1. The Bertz CT molecular complexity index is 430. The number of hydrogen-bond donors (Lipinski definition) is 2. The van der Waals surface area contributed by atoms with Gasteiger partial charge in [-0.3, -0.25) is 4.79 Å². The van der Waals surface area contributed by atoms with Crippen LogP contribution >= 0.6 is 11.6 Å². The summed E-state index contributed by atoms with van der Waals surface area (Å²) in [6.07, 6.45) is 0.606. The summed E-state index contributed by atoms with van der Waals surface area (Å²) in [7, 11) is 0. The minimum absolute atomic E-state index is 0.606. The summed E-state index contributed by atoms with van der Waals surface area (Å²) in [5.74, 6) is -0.758. The van der Waals surface area contributed by atoms with Crippen LogP contribution < -0.4 is 5.32 Å². The molecule has 0 saturated heterocycles. The third-order valence-electron chi connectivity index (χ3n) is 3.06. The molecule has 18 heavy (non-hydrogen) atoms. The lowest BCUT2D eigenvalue weighted by molar-refractivity contribution is -0.147. The number of carboxylic acid groups (broad SMARTS) is 1. The van der Waals surface area contributed by atoms with Gasteiger partial charge in [0.1, 0.15) is 0 Å². The molecule has 100 valence electrons. The van der Waals surface area contributed by atoms with Gasteiger partial charge in [-0.1, -0.05) is 23.7 Å². The Balaban J connectivity index is 2.38. The highest BCUT2D eigenvalue weighted by atomic mass is 35.5. The molecule has 1 aromatic carbocycles. The third-order valence-corrected chi connectivity index (χ3v) is 3.48. The second kappa shape index (κ2) is 6.21. The molecule has 0 radical (unpaired) electrons. The van der Waals surface area contributed by atoms with Crippen LogP contribution in [0.1, 0.15) is 31.4 Å². The standard InChI is InChI=1S/C14H20ClNO2/c1-10-8-11(4-5-12(10)15)9-16-7-6-14(2,3)13(17)18/h4-5,8,16H,6-7,9H2,1-3H3,(H,17,18). The van der Waals surface area contributed by atoms with Crippen LogP contribution in [0.3, 0.4) is 0 Å². The van der Waals surface area contributed by atoms with E-state index in [4.69, 9.17) is 16.7 Å². The van der Waals surface area contributed by atoms with Crippen LogP contribution in [0.25, 0.3) is 0 Å². The molecule has 0 spiro atoms. The molecular weight excluding hydrogens is 250 g/mol. The zero-order valence-corrected chi connectivity index (χ0v) is 11.8. The van der Waals surface area contributed by atoms with Gasteiger partial charge in [-0.25, -0.2) is 0 Å². The Morgan fingerprint density at radius 2 is 2.11 bits per heavy atom. The molecule has 0 unspecified atom stereocenters. The lowest BCUT2D eigenvalue weighted by Gasteiger charge is -2.19. The topological polar surface area (TPSA) is 49.3 Å². The van der Waals surface area contributed by atoms with E-state index in [9.17, 15) is 4.79 Å². The van der Waals surface area contributed by atoms with E-state index in [0.29, 0.717) is 13.0 Å². The summed E-state index contributed by atoms with van der Waals surface area (Å²) in [6.45, 7) is 6.86. The first-order valence-electron chi connectivity index (χ1n) is 6.02. The first-order chi connectivity index (χ1) is 8.33. The summed E-state index contributed by atoms with van der Waals surface area (Å²) < 4.78 is 0. The first-order valence-corrected chi connectivity index (χ1v) is 6.40. The molecule has 1 aromatic rings. The maximum Gasteiger partial charge on any atom is 0.309 e. The predicted octanol–water partition coefficient (Wildman–Crippen LogP) is 3.24. The Morgan fingerprint density at radius 3 is 2.67 bits per heavy atom. The van der Waals surface area contributed by atoms with Crippen LogP contribution in [-0.2, 0) is 11.3 Å². The minimum atomic E-state index is -0.758. The Morgan fingerprint density at radius 1 is 1.44 bits per heavy atom. The number of hydrogen-bond acceptors (Lipinski definition) is 2. The fourth-order valence-corrected chi connectivity index (χ4v) is 1.67. The maximum absolute atomic E-state index is 10.9. The van der Waals surface area contributed by atoms with Crippen molar-refractivity contribution in [2.45, 2.75) is 33.7 Å². The number of rotatable bonds is 6. The normalized spacial score (nSPS) is 11.6. The van der Waals surface area contributed by atoms with E-state index >= 15 is 0 Å². The van der Waals surface area contributed by atoms with Gasteiger partial charge in [-0.15, -0.1) is 0 Å². The summed E-state index contributed by atoms with van der Waals surface area (Å²) in [5.41, 5.74) is 1.54. The summed E-state index contributed by atoms with van der Waals surface area (Å²) >= 11 is 5.95. The van der Waals surface area contributed by atoms with Crippen LogP contribution in [0.2, 0.25) is 5.02 Å². The number of nitrogens with one attached hydrogen (secondary N) is 1. The molecule has 0 amide bonds. The average Bonchev–Trinajstić information content (AvgIpc) is 2.29. The highest BCUT2D eigenvalue weighted by molar-refractivity contribution is 6.31. The van der Waals surface area contributed by atoms with E-state index in [-0.39, 0.29) is 0 Å². The highest BCUT2D eigenvalue weighted by Crippen LogP contribution is 2.19. The smallest absolute Gasteiger partial charge is 0.309 e. The number of halogens is 1. The van der Waals surface area contributed by atoms with Crippen LogP contribution in [0.5, 0.6) is 0 Å². The molecular formula is C14H20ClNO2. The Labute approximate surface area is 113 Å². The third kappa shape index (κ3) is 4.31. The van der Waals surface area contributed by atoms with E-state index < -0.39 is 11.4 Å². The molecule has 0 aromatic heterocycles. The number of carbonyl (C=O) groups is 1. The van der Waals surface area contributed by atoms with E-state index in [1.54, 1.807) is 13.8 Å². The van der Waals surface area contributed by atoms with Gasteiger partial charge in [0.05, 0.1) is 5.41 Å². The van der Waals surface area contributed by atoms with Crippen molar-refractivity contribution in [3.05, 3.63) is 34.3 Å². The van der Waals surface area contributed by atoms with Crippen molar-refractivity contribution >= 4 is 17.6 Å². The fraction of sp³-hybridized carbons (Fsp3) is 0.500. The van der Waals surface area contributed by atoms with Crippen LogP contribution in [0.15, 0.2) is 18.2 Å². The molecule has 1 rings (SSSR count). The highest BCUT2D eigenvalue weighted by Gasteiger charge is 2.25. The zero-order valence-electron chi connectivity index (χ0n) is 11.1. The second-order valence-electron chi connectivity index (χ2n) is 5.20. The fourth-order valence-electron chi connectivity index (χ4n) is 1.56. The SMILES string of the molecule is Cc1cc(CNCCC(C)(C)C(=O)O)ccc1Cl. The van der Waals surface area contributed by atoms with Crippen molar-refractivity contribution in [1.82, 2.24) is 5.32 Å². The summed E-state index contributed by atoms with van der Waals surface area (Å²) in [5, 5.41) is 13.0. The van der Waals surface area contributed by atoms with Gasteiger partial charge < -0.3 is 10.4 Å². The van der Waals surface area contributed by atoms with E-state index in [0.717, 1.165) is 22.7 Å².